The molecule has 1 aliphatic heterocycles. The number of fused-ring (bicyclic) bond motifs is 1. The number of rotatable bonds is 4. The Kier molecular flexibility index (Phi) is 5.52. The Bertz CT molecular complexity index is 1240. The molecular formula is C21H23N3O4S2. The first-order valence-corrected chi connectivity index (χ1v) is 12.0. The van der Waals surface area contributed by atoms with Crippen LogP contribution in [-0.2, 0) is 10.0 Å². The molecule has 2 heterocycles. The van der Waals surface area contributed by atoms with E-state index < -0.39 is 10.0 Å². The summed E-state index contributed by atoms with van der Waals surface area (Å²) in [6, 6.07) is 13.8. The number of hydrogen-bond donors (Lipinski definition) is 0. The number of sulfonamides is 1. The lowest BCUT2D eigenvalue weighted by molar-refractivity contribution is 0.0698. The van der Waals surface area contributed by atoms with E-state index in [0.29, 0.717) is 23.4 Å². The Morgan fingerprint density at radius 2 is 1.67 bits per heavy atom. The molecule has 0 radical (unpaired) electrons. The lowest BCUT2D eigenvalue weighted by Crippen LogP contribution is -2.50. The molecule has 4 rings (SSSR count). The smallest absolute Gasteiger partial charge is 0.308 e. The standard InChI is InChI=1S/C21H23N3O4S2/c1-15(2)24-18-9-8-17(14-19(18)29-21(24)26)30(27,28)23-12-10-22(11-13-23)20(25)16-6-4-3-5-7-16/h3-9,14-15H,10-13H2,1-2H3. The molecule has 158 valence electrons. The van der Waals surface area contributed by atoms with Gasteiger partial charge in [-0.05, 0) is 44.2 Å². The van der Waals surface area contributed by atoms with Gasteiger partial charge in [-0.1, -0.05) is 29.5 Å². The summed E-state index contributed by atoms with van der Waals surface area (Å²) in [5, 5.41) is 0. The summed E-state index contributed by atoms with van der Waals surface area (Å²) in [5.74, 6) is -0.0890. The Morgan fingerprint density at radius 3 is 2.30 bits per heavy atom. The van der Waals surface area contributed by atoms with E-state index in [1.807, 2.05) is 32.0 Å². The molecule has 0 N–H and O–H groups in total. The van der Waals surface area contributed by atoms with Gasteiger partial charge in [0.2, 0.25) is 10.0 Å². The molecule has 1 fully saturated rings. The molecule has 0 saturated carbocycles. The summed E-state index contributed by atoms with van der Waals surface area (Å²) in [7, 11) is -3.70. The zero-order valence-corrected chi connectivity index (χ0v) is 18.4. The number of nitrogens with zero attached hydrogens (tertiary/aromatic N) is 3. The molecule has 0 unspecified atom stereocenters. The first-order chi connectivity index (χ1) is 14.3. The van der Waals surface area contributed by atoms with E-state index in [1.165, 1.54) is 4.31 Å². The average Bonchev–Trinajstić information content (AvgIpc) is 3.09. The lowest BCUT2D eigenvalue weighted by Gasteiger charge is -2.34. The van der Waals surface area contributed by atoms with Crippen LogP contribution >= 0.6 is 11.3 Å². The Balaban J connectivity index is 1.53. The molecule has 9 heteroatoms. The lowest BCUT2D eigenvalue weighted by atomic mass is 10.2. The van der Waals surface area contributed by atoms with Crippen LogP contribution in [0.1, 0.15) is 30.2 Å². The van der Waals surface area contributed by atoms with Crippen LogP contribution in [0.4, 0.5) is 0 Å². The van der Waals surface area contributed by atoms with E-state index in [-0.39, 0.29) is 34.8 Å². The Labute approximate surface area is 179 Å². The minimum atomic E-state index is -3.70. The number of carbonyl (C=O) groups is 1. The van der Waals surface area contributed by atoms with Gasteiger partial charge in [-0.25, -0.2) is 8.42 Å². The monoisotopic (exact) mass is 445 g/mol. The first-order valence-electron chi connectivity index (χ1n) is 9.78. The fourth-order valence-corrected chi connectivity index (χ4v) is 6.29. The highest BCUT2D eigenvalue weighted by Crippen LogP contribution is 2.26. The zero-order chi connectivity index (χ0) is 21.5. The van der Waals surface area contributed by atoms with E-state index in [0.717, 1.165) is 16.9 Å². The third kappa shape index (κ3) is 3.68. The normalized spacial score (nSPS) is 15.8. The van der Waals surface area contributed by atoms with Crippen molar-refractivity contribution < 1.29 is 13.2 Å². The van der Waals surface area contributed by atoms with Gasteiger partial charge in [0.25, 0.3) is 5.91 Å². The minimum Gasteiger partial charge on any atom is -0.336 e. The van der Waals surface area contributed by atoms with Gasteiger partial charge in [0.15, 0.2) is 0 Å². The quantitative estimate of drug-likeness (QED) is 0.619. The van der Waals surface area contributed by atoms with Crippen LogP contribution in [0, 0.1) is 0 Å². The van der Waals surface area contributed by atoms with Crippen molar-refractivity contribution >= 4 is 37.5 Å². The summed E-state index contributed by atoms with van der Waals surface area (Å²) in [5.41, 5.74) is 1.35. The molecule has 1 aliphatic rings. The van der Waals surface area contributed by atoms with Crippen LogP contribution in [0.5, 0.6) is 0 Å². The summed E-state index contributed by atoms with van der Waals surface area (Å²) in [6.07, 6.45) is 0. The van der Waals surface area contributed by atoms with Gasteiger partial charge in [-0.15, -0.1) is 0 Å². The van der Waals surface area contributed by atoms with Crippen molar-refractivity contribution in [3.63, 3.8) is 0 Å². The highest BCUT2D eigenvalue weighted by Gasteiger charge is 2.31. The number of carbonyl (C=O) groups excluding carboxylic acids is 1. The van der Waals surface area contributed by atoms with Crippen molar-refractivity contribution in [2.45, 2.75) is 24.8 Å². The Morgan fingerprint density at radius 1 is 1.00 bits per heavy atom. The van der Waals surface area contributed by atoms with Crippen molar-refractivity contribution in [3.05, 3.63) is 63.8 Å². The number of thiazole rings is 1. The van der Waals surface area contributed by atoms with Crippen LogP contribution in [0.2, 0.25) is 0 Å². The largest absolute Gasteiger partial charge is 0.336 e. The summed E-state index contributed by atoms with van der Waals surface area (Å²) in [6.45, 7) is 5.01. The number of amides is 1. The van der Waals surface area contributed by atoms with Gasteiger partial charge < -0.3 is 4.90 Å². The fraction of sp³-hybridized carbons (Fsp3) is 0.333. The van der Waals surface area contributed by atoms with Gasteiger partial charge >= 0.3 is 4.87 Å². The molecule has 1 amide bonds. The van der Waals surface area contributed by atoms with E-state index in [1.54, 1.807) is 39.8 Å². The highest BCUT2D eigenvalue weighted by molar-refractivity contribution is 7.89. The molecular weight excluding hydrogens is 422 g/mol. The molecule has 30 heavy (non-hydrogen) atoms. The SMILES string of the molecule is CC(C)n1c(=O)sc2cc(S(=O)(=O)N3CCN(C(=O)c4ccccc4)CC3)ccc21. The van der Waals surface area contributed by atoms with Gasteiger partial charge in [-0.3, -0.25) is 14.2 Å². The number of aromatic nitrogens is 1. The van der Waals surface area contributed by atoms with Gasteiger partial charge in [0.05, 0.1) is 15.1 Å². The zero-order valence-electron chi connectivity index (χ0n) is 16.8. The third-order valence-electron chi connectivity index (χ3n) is 5.29. The average molecular weight is 446 g/mol. The molecule has 3 aromatic rings. The van der Waals surface area contributed by atoms with Gasteiger partial charge in [0.1, 0.15) is 0 Å². The summed E-state index contributed by atoms with van der Waals surface area (Å²) >= 11 is 1.06. The maximum absolute atomic E-state index is 13.1. The summed E-state index contributed by atoms with van der Waals surface area (Å²) in [4.78, 5) is 26.6. The molecule has 0 aliphatic carbocycles. The Hall–Kier alpha value is -2.49. The first kappa shape index (κ1) is 20.8. The van der Waals surface area contributed by atoms with Crippen LogP contribution < -0.4 is 4.87 Å². The van der Waals surface area contributed by atoms with Crippen LogP contribution in [0.3, 0.4) is 0 Å². The van der Waals surface area contributed by atoms with Crippen LogP contribution in [-0.4, -0.2) is 54.3 Å². The third-order valence-corrected chi connectivity index (χ3v) is 8.10. The minimum absolute atomic E-state index is 0.00364. The van der Waals surface area contributed by atoms with Gasteiger partial charge in [-0.2, -0.15) is 4.31 Å². The van der Waals surface area contributed by atoms with E-state index in [4.69, 9.17) is 0 Å². The summed E-state index contributed by atoms with van der Waals surface area (Å²) < 4.78 is 30.0. The van der Waals surface area contributed by atoms with Crippen molar-refractivity contribution in [3.8, 4) is 0 Å². The number of benzene rings is 2. The second-order valence-electron chi connectivity index (χ2n) is 7.52. The second-order valence-corrected chi connectivity index (χ2v) is 10.5. The maximum Gasteiger partial charge on any atom is 0.308 e. The molecule has 0 atom stereocenters. The topological polar surface area (TPSA) is 79.7 Å². The van der Waals surface area contributed by atoms with E-state index in [9.17, 15) is 18.0 Å². The van der Waals surface area contributed by atoms with E-state index >= 15 is 0 Å². The number of hydrogen-bond acceptors (Lipinski definition) is 5. The number of piperazine rings is 1. The van der Waals surface area contributed by atoms with Crippen LogP contribution in [0.25, 0.3) is 10.2 Å². The highest BCUT2D eigenvalue weighted by atomic mass is 32.2. The molecule has 0 bridgehead atoms. The molecule has 1 saturated heterocycles. The van der Waals surface area contributed by atoms with Crippen LogP contribution in [0.15, 0.2) is 58.2 Å². The predicted molar refractivity (Wildman–Crippen MR) is 118 cm³/mol. The maximum atomic E-state index is 13.1. The molecule has 2 aromatic carbocycles. The molecule has 0 spiro atoms. The second kappa shape index (κ2) is 7.98. The van der Waals surface area contributed by atoms with Crippen molar-refractivity contribution in [1.82, 2.24) is 13.8 Å². The van der Waals surface area contributed by atoms with E-state index in [2.05, 4.69) is 0 Å². The molecule has 7 nitrogen and oxygen atoms in total. The van der Waals surface area contributed by atoms with Crippen molar-refractivity contribution in [2.24, 2.45) is 0 Å². The predicted octanol–water partition coefficient (Wildman–Crippen LogP) is 2.79. The molecule has 1 aromatic heterocycles. The van der Waals surface area contributed by atoms with Crippen molar-refractivity contribution in [1.29, 1.82) is 0 Å². The fourth-order valence-electron chi connectivity index (χ4n) is 3.71. The van der Waals surface area contributed by atoms with Gasteiger partial charge in [0, 0.05) is 37.8 Å². The van der Waals surface area contributed by atoms with Crippen molar-refractivity contribution in [2.75, 3.05) is 26.2 Å².